The lowest BCUT2D eigenvalue weighted by Gasteiger charge is -2.40. The van der Waals surface area contributed by atoms with E-state index >= 15 is 0 Å². The SMILES string of the molecule is CCCN1CCC2=C3C=CC=CC3CCC2O1. The second-order valence-corrected chi connectivity index (χ2v) is 5.18. The summed E-state index contributed by atoms with van der Waals surface area (Å²) in [6.07, 6.45) is 14.1. The topological polar surface area (TPSA) is 12.5 Å². The average Bonchev–Trinajstić information content (AvgIpc) is 2.39. The Balaban J connectivity index is 1.80. The lowest BCUT2D eigenvalue weighted by molar-refractivity contribution is -0.206. The van der Waals surface area contributed by atoms with Crippen LogP contribution in [0.2, 0.25) is 0 Å². The smallest absolute Gasteiger partial charge is 0.101 e. The van der Waals surface area contributed by atoms with Gasteiger partial charge in [0.1, 0.15) is 6.10 Å². The van der Waals surface area contributed by atoms with Crippen molar-refractivity contribution in [3.63, 3.8) is 0 Å². The van der Waals surface area contributed by atoms with Crippen LogP contribution in [-0.4, -0.2) is 24.3 Å². The number of nitrogens with zero attached hydrogens (tertiary/aromatic N) is 1. The molecule has 92 valence electrons. The van der Waals surface area contributed by atoms with Crippen molar-refractivity contribution in [2.45, 2.75) is 38.7 Å². The molecule has 1 saturated heterocycles. The van der Waals surface area contributed by atoms with Gasteiger partial charge in [-0.05, 0) is 36.8 Å². The molecular weight excluding hydrogens is 210 g/mol. The summed E-state index contributed by atoms with van der Waals surface area (Å²) in [5.74, 6) is 0.660. The zero-order chi connectivity index (χ0) is 11.7. The van der Waals surface area contributed by atoms with Gasteiger partial charge in [-0.2, -0.15) is 5.06 Å². The van der Waals surface area contributed by atoms with E-state index in [0.717, 1.165) is 13.1 Å². The molecule has 0 N–H and O–H groups in total. The van der Waals surface area contributed by atoms with Crippen LogP contribution in [0.15, 0.2) is 35.5 Å². The molecule has 0 spiro atoms. The van der Waals surface area contributed by atoms with Gasteiger partial charge in [-0.1, -0.05) is 31.2 Å². The van der Waals surface area contributed by atoms with E-state index in [0.29, 0.717) is 12.0 Å². The molecule has 0 amide bonds. The summed E-state index contributed by atoms with van der Waals surface area (Å²) in [6, 6.07) is 0. The Hall–Kier alpha value is -0.860. The molecule has 0 bridgehead atoms. The van der Waals surface area contributed by atoms with Crippen molar-refractivity contribution < 1.29 is 4.84 Å². The van der Waals surface area contributed by atoms with E-state index in [-0.39, 0.29) is 0 Å². The Morgan fingerprint density at radius 2 is 2.29 bits per heavy atom. The highest BCUT2D eigenvalue weighted by molar-refractivity contribution is 5.40. The normalized spacial score (nSPS) is 32.5. The minimum atomic E-state index is 0.359. The number of hydrogen-bond acceptors (Lipinski definition) is 2. The van der Waals surface area contributed by atoms with Crippen LogP contribution >= 0.6 is 0 Å². The summed E-state index contributed by atoms with van der Waals surface area (Å²) in [5, 5.41) is 2.16. The van der Waals surface area contributed by atoms with Crippen LogP contribution in [0.1, 0.15) is 32.6 Å². The maximum Gasteiger partial charge on any atom is 0.101 e. The van der Waals surface area contributed by atoms with Gasteiger partial charge in [-0.15, -0.1) is 0 Å². The van der Waals surface area contributed by atoms with Gasteiger partial charge in [0.25, 0.3) is 0 Å². The predicted molar refractivity (Wildman–Crippen MR) is 69.4 cm³/mol. The Labute approximate surface area is 104 Å². The number of allylic oxidation sites excluding steroid dienone is 5. The first-order chi connectivity index (χ1) is 8.38. The Kier molecular flexibility index (Phi) is 3.17. The fraction of sp³-hybridized carbons (Fsp3) is 0.600. The molecule has 2 nitrogen and oxygen atoms in total. The second kappa shape index (κ2) is 4.79. The van der Waals surface area contributed by atoms with Gasteiger partial charge >= 0.3 is 0 Å². The average molecular weight is 231 g/mol. The molecule has 2 heteroatoms. The standard InChI is InChI=1S/C15H21NO/c1-2-10-16-11-9-14-13-6-4-3-5-12(13)7-8-15(14)17-16/h3-6,12,15H,2,7-11H2,1H3. The lowest BCUT2D eigenvalue weighted by atomic mass is 9.77. The number of hydroxylamine groups is 2. The number of rotatable bonds is 2. The van der Waals surface area contributed by atoms with Gasteiger partial charge in [-0.3, -0.25) is 4.84 Å². The summed E-state index contributed by atoms with van der Waals surface area (Å²) in [4.78, 5) is 6.10. The fourth-order valence-corrected chi connectivity index (χ4v) is 3.19. The van der Waals surface area contributed by atoms with E-state index in [2.05, 4.69) is 36.3 Å². The molecule has 1 heterocycles. The molecule has 1 fully saturated rings. The van der Waals surface area contributed by atoms with Crippen LogP contribution in [-0.2, 0) is 4.84 Å². The molecule has 0 radical (unpaired) electrons. The molecule has 3 aliphatic rings. The van der Waals surface area contributed by atoms with Gasteiger partial charge < -0.3 is 0 Å². The Morgan fingerprint density at radius 1 is 1.35 bits per heavy atom. The van der Waals surface area contributed by atoms with Crippen LogP contribution in [0.4, 0.5) is 0 Å². The number of fused-ring (bicyclic) bond motifs is 2. The summed E-state index contributed by atoms with van der Waals surface area (Å²) in [6.45, 7) is 4.34. The third-order valence-corrected chi connectivity index (χ3v) is 4.01. The van der Waals surface area contributed by atoms with Crippen molar-refractivity contribution in [2.75, 3.05) is 13.1 Å². The van der Waals surface area contributed by atoms with E-state index in [9.17, 15) is 0 Å². The van der Waals surface area contributed by atoms with E-state index in [1.807, 2.05) is 0 Å². The van der Waals surface area contributed by atoms with Gasteiger partial charge in [0.2, 0.25) is 0 Å². The summed E-state index contributed by atoms with van der Waals surface area (Å²) in [7, 11) is 0. The van der Waals surface area contributed by atoms with Crippen LogP contribution in [0, 0.1) is 5.92 Å². The summed E-state index contributed by atoms with van der Waals surface area (Å²) >= 11 is 0. The molecule has 3 rings (SSSR count). The molecule has 17 heavy (non-hydrogen) atoms. The van der Waals surface area contributed by atoms with E-state index in [4.69, 9.17) is 4.84 Å². The molecule has 1 aliphatic heterocycles. The first-order valence-electron chi connectivity index (χ1n) is 6.88. The molecule has 0 saturated carbocycles. The highest BCUT2D eigenvalue weighted by Crippen LogP contribution is 2.39. The van der Waals surface area contributed by atoms with Crippen molar-refractivity contribution >= 4 is 0 Å². The predicted octanol–water partition coefficient (Wildman–Crippen LogP) is 3.23. The van der Waals surface area contributed by atoms with Gasteiger partial charge in [0.15, 0.2) is 0 Å². The van der Waals surface area contributed by atoms with Crippen molar-refractivity contribution in [3.8, 4) is 0 Å². The quantitative estimate of drug-likeness (QED) is 0.723. The van der Waals surface area contributed by atoms with E-state index in [1.54, 1.807) is 11.1 Å². The minimum Gasteiger partial charge on any atom is -0.291 e. The third kappa shape index (κ3) is 2.12. The zero-order valence-corrected chi connectivity index (χ0v) is 10.6. The summed E-state index contributed by atoms with van der Waals surface area (Å²) in [5.41, 5.74) is 3.11. The molecule has 2 unspecified atom stereocenters. The zero-order valence-electron chi connectivity index (χ0n) is 10.6. The summed E-state index contributed by atoms with van der Waals surface area (Å²) < 4.78 is 0. The van der Waals surface area contributed by atoms with E-state index < -0.39 is 0 Å². The fourth-order valence-electron chi connectivity index (χ4n) is 3.19. The van der Waals surface area contributed by atoms with Crippen LogP contribution < -0.4 is 0 Å². The molecule has 2 aliphatic carbocycles. The molecule has 0 aromatic heterocycles. The van der Waals surface area contributed by atoms with Crippen LogP contribution in [0.25, 0.3) is 0 Å². The number of hydrogen-bond donors (Lipinski definition) is 0. The van der Waals surface area contributed by atoms with E-state index in [1.165, 1.54) is 25.7 Å². The Morgan fingerprint density at radius 3 is 3.18 bits per heavy atom. The second-order valence-electron chi connectivity index (χ2n) is 5.18. The van der Waals surface area contributed by atoms with Gasteiger partial charge in [-0.25, -0.2) is 0 Å². The Bertz CT molecular complexity index is 380. The molecule has 0 aromatic rings. The van der Waals surface area contributed by atoms with Crippen LogP contribution in [0.5, 0.6) is 0 Å². The largest absolute Gasteiger partial charge is 0.291 e. The molecule has 0 aromatic carbocycles. The maximum absolute atomic E-state index is 6.10. The highest BCUT2D eigenvalue weighted by Gasteiger charge is 2.33. The van der Waals surface area contributed by atoms with Crippen molar-refractivity contribution in [2.24, 2.45) is 5.92 Å². The minimum absolute atomic E-state index is 0.359. The highest BCUT2D eigenvalue weighted by atomic mass is 16.7. The first kappa shape index (κ1) is 11.2. The lowest BCUT2D eigenvalue weighted by Crippen LogP contribution is -2.40. The van der Waals surface area contributed by atoms with Crippen LogP contribution in [0.3, 0.4) is 0 Å². The third-order valence-electron chi connectivity index (χ3n) is 4.01. The van der Waals surface area contributed by atoms with Crippen molar-refractivity contribution in [3.05, 3.63) is 35.5 Å². The van der Waals surface area contributed by atoms with Crippen molar-refractivity contribution in [1.82, 2.24) is 5.06 Å². The monoisotopic (exact) mass is 231 g/mol. The van der Waals surface area contributed by atoms with Gasteiger partial charge in [0.05, 0.1) is 0 Å². The molecular formula is C15H21NO. The van der Waals surface area contributed by atoms with Gasteiger partial charge in [0, 0.05) is 19.0 Å². The maximum atomic E-state index is 6.10. The first-order valence-corrected chi connectivity index (χ1v) is 6.88. The van der Waals surface area contributed by atoms with Crippen molar-refractivity contribution in [1.29, 1.82) is 0 Å². The molecule has 2 atom stereocenters.